The van der Waals surface area contributed by atoms with Crippen LogP contribution in [0.25, 0.3) is 0 Å². The monoisotopic (exact) mass is 497 g/mol. The summed E-state index contributed by atoms with van der Waals surface area (Å²) in [5.74, 6) is -0.615. The average molecular weight is 498 g/mol. The Morgan fingerprint density at radius 1 is 1.03 bits per heavy atom. The highest BCUT2D eigenvalue weighted by atomic mass is 16.5. The summed E-state index contributed by atoms with van der Waals surface area (Å²) < 4.78 is 16.4. The number of benzene rings is 2. The number of ether oxygens (including phenoxy) is 3. The van der Waals surface area contributed by atoms with Crippen LogP contribution in [0.2, 0.25) is 0 Å². The zero-order valence-electron chi connectivity index (χ0n) is 21.7. The summed E-state index contributed by atoms with van der Waals surface area (Å²) in [5, 5.41) is 2.96. The molecule has 0 spiro atoms. The zero-order valence-corrected chi connectivity index (χ0v) is 21.7. The van der Waals surface area contributed by atoms with Crippen molar-refractivity contribution in [2.75, 3.05) is 38.7 Å². The number of quaternary nitrogens is 1. The molecule has 1 amide bonds. The molecule has 0 bridgehead atoms. The van der Waals surface area contributed by atoms with Crippen LogP contribution < -0.4 is 10.1 Å². The first-order chi connectivity index (χ1) is 17.3. The fourth-order valence-electron chi connectivity index (χ4n) is 4.75. The number of amides is 1. The summed E-state index contributed by atoms with van der Waals surface area (Å²) in [6.45, 7) is 7.33. The van der Waals surface area contributed by atoms with Crippen molar-refractivity contribution in [3.8, 4) is 5.75 Å². The van der Waals surface area contributed by atoms with E-state index in [1.54, 1.807) is 26.0 Å². The van der Waals surface area contributed by atoms with Gasteiger partial charge in [-0.2, -0.15) is 0 Å². The predicted octanol–water partition coefficient (Wildman–Crippen LogP) is 4.25. The van der Waals surface area contributed by atoms with E-state index in [2.05, 4.69) is 5.32 Å². The number of rotatable bonds is 10. The summed E-state index contributed by atoms with van der Waals surface area (Å²) in [5.41, 5.74) is 2.24. The molecule has 1 saturated heterocycles. The number of carbonyl (C=O) groups is 3. The van der Waals surface area contributed by atoms with Crippen LogP contribution >= 0.6 is 0 Å². The standard InChI is InChI=1S/C28H36N2O6/c1-5-35-28(33)24-17-23(34-4)16-20(2)26(24)29-27(32)21(3)30(14-10-7-11-15-30)18-25(31)36-19-22-12-8-6-9-13-22/h6,8-9,12-13,16-17,21H,5,7,10-11,14-15,18-19H2,1-4H3/p+1. The number of piperidine rings is 1. The molecule has 8 heteroatoms. The quantitative estimate of drug-likeness (QED) is 0.390. The lowest BCUT2D eigenvalue weighted by molar-refractivity contribution is -0.938. The predicted molar refractivity (Wildman–Crippen MR) is 137 cm³/mol. The van der Waals surface area contributed by atoms with Gasteiger partial charge in [0.25, 0.3) is 5.91 Å². The third-order valence-corrected chi connectivity index (χ3v) is 6.88. The molecule has 0 saturated carbocycles. The van der Waals surface area contributed by atoms with Gasteiger partial charge in [0.1, 0.15) is 12.4 Å². The number of anilines is 1. The maximum atomic E-state index is 13.6. The lowest BCUT2D eigenvalue weighted by atomic mass is 10.0. The second-order valence-electron chi connectivity index (χ2n) is 9.28. The maximum Gasteiger partial charge on any atom is 0.362 e. The number of esters is 2. The highest BCUT2D eigenvalue weighted by Gasteiger charge is 2.42. The molecule has 1 aliphatic heterocycles. The summed E-state index contributed by atoms with van der Waals surface area (Å²) in [4.78, 5) is 39.1. The Hall–Kier alpha value is -3.39. The fraction of sp³-hybridized carbons (Fsp3) is 0.464. The number of nitrogens with one attached hydrogen (secondary N) is 1. The Kier molecular flexibility index (Phi) is 9.47. The molecule has 1 unspecified atom stereocenters. The number of carbonyl (C=O) groups excluding carboxylic acids is 3. The van der Waals surface area contributed by atoms with Crippen molar-refractivity contribution in [1.82, 2.24) is 0 Å². The normalized spacial score (nSPS) is 15.4. The van der Waals surface area contributed by atoms with E-state index in [9.17, 15) is 14.4 Å². The van der Waals surface area contributed by atoms with E-state index in [0.29, 0.717) is 34.6 Å². The smallest absolute Gasteiger partial charge is 0.362 e. The van der Waals surface area contributed by atoms with Crippen molar-refractivity contribution in [3.05, 3.63) is 59.2 Å². The molecular weight excluding hydrogens is 460 g/mol. The number of nitrogens with zero attached hydrogens (tertiary/aromatic N) is 1. The SMILES string of the molecule is CCOC(=O)c1cc(OC)cc(C)c1NC(=O)C(C)[N+]1(CC(=O)OCc2ccccc2)CCCCC1. The summed E-state index contributed by atoms with van der Waals surface area (Å²) in [6.07, 6.45) is 2.93. The topological polar surface area (TPSA) is 90.9 Å². The lowest BCUT2D eigenvalue weighted by Gasteiger charge is -2.44. The number of hydrogen-bond acceptors (Lipinski definition) is 6. The second kappa shape index (κ2) is 12.5. The number of likely N-dealkylation sites (tertiary alicyclic amines) is 1. The van der Waals surface area contributed by atoms with Crippen molar-refractivity contribution in [2.45, 2.75) is 52.7 Å². The van der Waals surface area contributed by atoms with Gasteiger partial charge in [-0.05, 0) is 63.3 Å². The molecule has 1 aliphatic rings. The van der Waals surface area contributed by atoms with Crippen LogP contribution in [0.1, 0.15) is 54.6 Å². The molecule has 1 heterocycles. The molecule has 1 N–H and O–H groups in total. The summed E-state index contributed by atoms with van der Waals surface area (Å²) in [6, 6.07) is 12.3. The Balaban J connectivity index is 1.79. The van der Waals surface area contributed by atoms with Gasteiger partial charge in [-0.3, -0.25) is 4.79 Å². The first kappa shape index (κ1) is 27.2. The first-order valence-electron chi connectivity index (χ1n) is 12.5. The molecule has 8 nitrogen and oxygen atoms in total. The minimum atomic E-state index is -0.534. The van der Waals surface area contributed by atoms with E-state index >= 15 is 0 Å². The zero-order chi connectivity index (χ0) is 26.1. The number of aryl methyl sites for hydroxylation is 1. The Morgan fingerprint density at radius 3 is 2.36 bits per heavy atom. The third-order valence-electron chi connectivity index (χ3n) is 6.88. The minimum Gasteiger partial charge on any atom is -0.497 e. The maximum absolute atomic E-state index is 13.6. The van der Waals surface area contributed by atoms with E-state index in [1.807, 2.05) is 37.3 Å². The van der Waals surface area contributed by atoms with Crippen LogP contribution in [-0.2, 0) is 25.7 Å². The molecule has 1 atom stereocenters. The molecule has 1 fully saturated rings. The van der Waals surface area contributed by atoms with Gasteiger partial charge in [0, 0.05) is 0 Å². The van der Waals surface area contributed by atoms with Crippen molar-refractivity contribution >= 4 is 23.5 Å². The Labute approximate surface area is 213 Å². The highest BCUT2D eigenvalue weighted by molar-refractivity contribution is 6.03. The van der Waals surface area contributed by atoms with Gasteiger partial charge in [0.05, 0.1) is 38.1 Å². The van der Waals surface area contributed by atoms with Crippen LogP contribution in [0.15, 0.2) is 42.5 Å². The molecular formula is C28H37N2O6+. The van der Waals surface area contributed by atoms with E-state index in [4.69, 9.17) is 14.2 Å². The summed E-state index contributed by atoms with van der Waals surface area (Å²) >= 11 is 0. The number of hydrogen-bond donors (Lipinski definition) is 1. The van der Waals surface area contributed by atoms with Gasteiger partial charge in [-0.15, -0.1) is 0 Å². The lowest BCUT2D eigenvalue weighted by Crippen LogP contribution is -2.63. The Morgan fingerprint density at radius 2 is 1.72 bits per heavy atom. The molecule has 36 heavy (non-hydrogen) atoms. The van der Waals surface area contributed by atoms with Crippen molar-refractivity contribution in [2.24, 2.45) is 0 Å². The molecule has 0 aromatic heterocycles. The van der Waals surface area contributed by atoms with Crippen LogP contribution in [-0.4, -0.2) is 61.7 Å². The van der Waals surface area contributed by atoms with Gasteiger partial charge in [-0.1, -0.05) is 30.3 Å². The van der Waals surface area contributed by atoms with Gasteiger partial charge >= 0.3 is 11.9 Å². The van der Waals surface area contributed by atoms with Crippen molar-refractivity contribution in [1.29, 1.82) is 0 Å². The van der Waals surface area contributed by atoms with E-state index in [0.717, 1.165) is 24.8 Å². The van der Waals surface area contributed by atoms with Gasteiger partial charge in [0.2, 0.25) is 0 Å². The van der Waals surface area contributed by atoms with Crippen LogP contribution in [0.3, 0.4) is 0 Å². The van der Waals surface area contributed by atoms with E-state index in [1.165, 1.54) is 7.11 Å². The minimum absolute atomic E-state index is 0.119. The van der Waals surface area contributed by atoms with E-state index < -0.39 is 12.0 Å². The van der Waals surface area contributed by atoms with Gasteiger partial charge in [0.15, 0.2) is 12.6 Å². The highest BCUT2D eigenvalue weighted by Crippen LogP contribution is 2.30. The van der Waals surface area contributed by atoms with Crippen LogP contribution in [0.5, 0.6) is 5.75 Å². The van der Waals surface area contributed by atoms with Crippen LogP contribution in [0.4, 0.5) is 5.69 Å². The fourth-order valence-corrected chi connectivity index (χ4v) is 4.75. The van der Waals surface area contributed by atoms with Gasteiger partial charge in [-0.25, -0.2) is 9.59 Å². The number of methoxy groups -OCH3 is 1. The van der Waals surface area contributed by atoms with Gasteiger partial charge < -0.3 is 24.0 Å². The van der Waals surface area contributed by atoms with E-state index in [-0.39, 0.29) is 37.2 Å². The third kappa shape index (κ3) is 6.63. The molecule has 194 valence electrons. The molecule has 2 aromatic carbocycles. The molecule has 0 radical (unpaired) electrons. The molecule has 0 aliphatic carbocycles. The molecule has 2 aromatic rings. The van der Waals surface area contributed by atoms with Crippen molar-refractivity contribution < 1.29 is 33.1 Å². The Bertz CT molecular complexity index is 1060. The second-order valence-corrected chi connectivity index (χ2v) is 9.28. The van der Waals surface area contributed by atoms with Crippen LogP contribution in [0, 0.1) is 6.92 Å². The van der Waals surface area contributed by atoms with Crippen molar-refractivity contribution in [3.63, 3.8) is 0 Å². The molecule has 3 rings (SSSR count). The average Bonchev–Trinajstić information content (AvgIpc) is 2.89. The largest absolute Gasteiger partial charge is 0.497 e. The first-order valence-corrected chi connectivity index (χ1v) is 12.5. The summed E-state index contributed by atoms with van der Waals surface area (Å²) in [7, 11) is 1.52.